The standard InChI is InChI=1S/C24H42O6.C10H20O.C7H8O3S.C4H6O6.3CH4/c1-13(2)17-9-7-15(5)11-19(17)29-23(27)21(25)22(26)24(28)30-20-12-16(6)8-10-18(20)14(3)4;1-7(2)9-5-4-8(3)6-10(9)11;1-6-2-4-7(5-3-6)11(8,9)10;5-1(3(7)8)2(6)4(9)10;;;/h13-22,25-26H,7-12H2,1-6H3;7-11H,4-6H2,1-3H3;2-5H,1H3,(H,8,9,10);1-2,5-6H,(H,7,8)(H,9,10);3*1H4/t15-,16-,17+,18+,19-,20-,21-,22-;8-,9+,10-;;1-,2-;;;/m11.1.../s1. The predicted molar refractivity (Wildman–Crippen MR) is 250 cm³/mol. The first kappa shape index (κ1) is 66.1. The SMILES string of the molecule is C.C.C.CC(C)[C@@H]1CC[C@@H](C)C[C@H]1O.CC(C)[C@@H]1CC[C@@H](C)C[C@H]1OC(=O)[C@H](O)[C@@H](O)C(=O)O[C@@H]1C[C@H](C)CC[C@H]1C(C)C.Cc1ccc(S(=O)(=O)O)cc1.O=C(O)[C@H](O)[C@@H](O)C(=O)O. The van der Waals surface area contributed by atoms with Crippen molar-refractivity contribution in [3.8, 4) is 0 Å². The van der Waals surface area contributed by atoms with Gasteiger partial charge in [0.05, 0.1) is 11.0 Å². The molecular formula is C48H88O16S. The lowest BCUT2D eigenvalue weighted by Crippen LogP contribution is -2.47. The molecule has 1 aromatic rings. The number of aliphatic hydroxyl groups is 5. The van der Waals surface area contributed by atoms with E-state index in [0.717, 1.165) is 56.4 Å². The van der Waals surface area contributed by atoms with Crippen LogP contribution in [0.4, 0.5) is 0 Å². The number of rotatable bonds is 12. The van der Waals surface area contributed by atoms with Crippen molar-refractivity contribution < 1.29 is 77.4 Å². The molecule has 0 saturated heterocycles. The molecule has 0 heterocycles. The van der Waals surface area contributed by atoms with Crippen molar-refractivity contribution in [2.75, 3.05) is 0 Å². The highest BCUT2D eigenvalue weighted by Crippen LogP contribution is 2.37. The van der Waals surface area contributed by atoms with Gasteiger partial charge in [-0.1, -0.05) is 122 Å². The van der Waals surface area contributed by atoms with Gasteiger partial charge in [0.15, 0.2) is 24.4 Å². The van der Waals surface area contributed by atoms with Gasteiger partial charge < -0.3 is 45.2 Å². The molecule has 0 aromatic heterocycles. The third-order valence-corrected chi connectivity index (χ3v) is 13.2. The molecule has 3 aliphatic carbocycles. The number of hydrogen-bond donors (Lipinski definition) is 8. The molecule has 0 spiro atoms. The van der Waals surface area contributed by atoms with Crippen molar-refractivity contribution in [1.29, 1.82) is 0 Å². The Morgan fingerprint density at radius 2 is 0.862 bits per heavy atom. The molecule has 3 fully saturated rings. The maximum atomic E-state index is 12.5. The second-order valence-electron chi connectivity index (χ2n) is 18.7. The van der Waals surface area contributed by atoms with E-state index in [1.807, 2.05) is 6.92 Å². The highest BCUT2D eigenvalue weighted by atomic mass is 32.2. The van der Waals surface area contributed by atoms with Gasteiger partial charge in [-0.05, 0) is 111 Å². The number of carbonyl (C=O) groups excluding carboxylic acids is 2. The highest BCUT2D eigenvalue weighted by Gasteiger charge is 2.41. The van der Waals surface area contributed by atoms with Crippen molar-refractivity contribution in [3.63, 3.8) is 0 Å². The fraction of sp³-hybridized carbons (Fsp3) is 0.792. The van der Waals surface area contributed by atoms with Crippen molar-refractivity contribution in [1.82, 2.24) is 0 Å². The highest BCUT2D eigenvalue weighted by molar-refractivity contribution is 7.85. The number of aryl methyl sites for hydroxylation is 1. The molecule has 3 aliphatic rings. The van der Waals surface area contributed by atoms with Crippen molar-refractivity contribution >= 4 is 34.0 Å². The maximum Gasteiger partial charge on any atom is 0.338 e. The first-order chi connectivity index (χ1) is 28.6. The van der Waals surface area contributed by atoms with Crippen molar-refractivity contribution in [3.05, 3.63) is 29.8 Å². The van der Waals surface area contributed by atoms with E-state index >= 15 is 0 Å². The molecule has 0 amide bonds. The number of carbonyl (C=O) groups is 4. The zero-order valence-electron chi connectivity index (χ0n) is 38.2. The van der Waals surface area contributed by atoms with E-state index in [4.69, 9.17) is 34.5 Å². The van der Waals surface area contributed by atoms with Gasteiger partial charge in [0.1, 0.15) is 12.2 Å². The summed E-state index contributed by atoms with van der Waals surface area (Å²) in [6.07, 6.45) is 0.0970. The van der Waals surface area contributed by atoms with E-state index in [1.165, 1.54) is 25.0 Å². The van der Waals surface area contributed by atoms with Crippen LogP contribution in [0.15, 0.2) is 29.2 Å². The molecule has 0 bridgehead atoms. The summed E-state index contributed by atoms with van der Waals surface area (Å²) in [5, 5.41) is 62.9. The summed E-state index contributed by atoms with van der Waals surface area (Å²) in [6.45, 7) is 21.1. The Morgan fingerprint density at radius 1 is 0.554 bits per heavy atom. The van der Waals surface area contributed by atoms with Crippen LogP contribution in [0.5, 0.6) is 0 Å². The van der Waals surface area contributed by atoms with Crippen molar-refractivity contribution in [2.45, 2.75) is 197 Å². The second kappa shape index (κ2) is 31.0. The summed E-state index contributed by atoms with van der Waals surface area (Å²) >= 11 is 0. The number of ether oxygens (including phenoxy) is 2. The minimum absolute atomic E-state index is 0. The second-order valence-corrected chi connectivity index (χ2v) is 20.2. The molecule has 4 rings (SSSR count). The molecule has 382 valence electrons. The maximum absolute atomic E-state index is 12.5. The molecule has 17 heteroatoms. The van der Waals surface area contributed by atoms with E-state index in [-0.39, 0.29) is 57.3 Å². The predicted octanol–water partition coefficient (Wildman–Crippen LogP) is 7.18. The van der Waals surface area contributed by atoms with Crippen LogP contribution >= 0.6 is 0 Å². The van der Waals surface area contributed by atoms with Gasteiger partial charge in [0.25, 0.3) is 10.1 Å². The van der Waals surface area contributed by atoms with Gasteiger partial charge in [0.2, 0.25) is 0 Å². The molecule has 13 atom stereocenters. The summed E-state index contributed by atoms with van der Waals surface area (Å²) in [5.74, 6) is -1.46. The van der Waals surface area contributed by atoms with E-state index in [9.17, 15) is 42.9 Å². The normalized spacial score (nSPS) is 27.0. The van der Waals surface area contributed by atoms with Crippen LogP contribution in [0.1, 0.15) is 148 Å². The molecule has 3 saturated carbocycles. The summed E-state index contributed by atoms with van der Waals surface area (Å²) < 4.78 is 40.7. The molecule has 1 aromatic carbocycles. The summed E-state index contributed by atoms with van der Waals surface area (Å²) in [6, 6.07) is 5.99. The lowest BCUT2D eigenvalue weighted by Gasteiger charge is -2.38. The van der Waals surface area contributed by atoms with Gasteiger partial charge in [-0.15, -0.1) is 0 Å². The largest absolute Gasteiger partial charge is 0.479 e. The summed E-state index contributed by atoms with van der Waals surface area (Å²) in [5.41, 5.74) is 0.956. The van der Waals surface area contributed by atoms with Crippen LogP contribution in [-0.2, 0) is 38.8 Å². The fourth-order valence-electron chi connectivity index (χ4n) is 8.33. The fourth-order valence-corrected chi connectivity index (χ4v) is 8.81. The Kier molecular flexibility index (Phi) is 31.5. The minimum Gasteiger partial charge on any atom is -0.479 e. The number of hydrogen-bond acceptors (Lipinski definition) is 13. The Bertz CT molecular complexity index is 1560. The third kappa shape index (κ3) is 22.9. The Balaban J connectivity index is -0.000000903. The van der Waals surface area contributed by atoms with Crippen LogP contribution in [0.2, 0.25) is 0 Å². The molecule has 65 heavy (non-hydrogen) atoms. The van der Waals surface area contributed by atoms with E-state index in [0.29, 0.717) is 35.5 Å². The van der Waals surface area contributed by atoms with E-state index < -0.39 is 58.4 Å². The van der Waals surface area contributed by atoms with Crippen LogP contribution in [0.3, 0.4) is 0 Å². The molecule has 8 N–H and O–H groups in total. The van der Waals surface area contributed by atoms with E-state index in [2.05, 4.69) is 62.3 Å². The number of aliphatic hydroxyl groups excluding tert-OH is 5. The quantitative estimate of drug-likeness (QED) is 0.0760. The Labute approximate surface area is 390 Å². The summed E-state index contributed by atoms with van der Waals surface area (Å²) in [4.78, 5) is 44.5. The van der Waals surface area contributed by atoms with Gasteiger partial charge in [-0.3, -0.25) is 4.55 Å². The Morgan fingerprint density at radius 3 is 1.14 bits per heavy atom. The number of carboxylic acid groups (broad SMARTS) is 2. The zero-order chi connectivity index (χ0) is 47.8. The van der Waals surface area contributed by atoms with Crippen LogP contribution in [-0.4, -0.2) is 115 Å². The molecule has 0 radical (unpaired) electrons. The molecular weight excluding hydrogens is 865 g/mol. The topological polar surface area (TPSA) is 283 Å². The third-order valence-electron chi connectivity index (χ3n) is 12.4. The number of benzene rings is 1. The van der Waals surface area contributed by atoms with Crippen LogP contribution < -0.4 is 0 Å². The number of esters is 2. The van der Waals surface area contributed by atoms with Crippen LogP contribution in [0, 0.1) is 60.2 Å². The monoisotopic (exact) mass is 953 g/mol. The first-order valence-corrected chi connectivity index (χ1v) is 23.3. The molecule has 0 unspecified atom stereocenters. The smallest absolute Gasteiger partial charge is 0.338 e. The van der Waals surface area contributed by atoms with Gasteiger partial charge in [0, 0.05) is 0 Å². The first-order valence-electron chi connectivity index (χ1n) is 21.9. The van der Waals surface area contributed by atoms with Crippen molar-refractivity contribution in [2.24, 2.45) is 53.3 Å². The molecule has 0 aliphatic heterocycles. The minimum atomic E-state index is -4.02. The summed E-state index contributed by atoms with van der Waals surface area (Å²) in [7, 11) is -4.02. The average Bonchev–Trinajstić information content (AvgIpc) is 3.16. The van der Waals surface area contributed by atoms with Gasteiger partial charge in [-0.2, -0.15) is 8.42 Å². The van der Waals surface area contributed by atoms with Gasteiger partial charge in [-0.25, -0.2) is 19.2 Å². The van der Waals surface area contributed by atoms with E-state index in [1.54, 1.807) is 12.1 Å². The molecule has 16 nitrogen and oxygen atoms in total. The lowest BCUT2D eigenvalue weighted by molar-refractivity contribution is -0.185. The van der Waals surface area contributed by atoms with Gasteiger partial charge >= 0.3 is 23.9 Å². The zero-order valence-corrected chi connectivity index (χ0v) is 39.0. The average molecular weight is 953 g/mol. The lowest BCUT2D eigenvalue weighted by atomic mass is 9.75. The van der Waals surface area contributed by atoms with Crippen LogP contribution in [0.25, 0.3) is 0 Å². The Hall–Kier alpha value is -3.19. The number of carboxylic acids is 2. The number of aliphatic carboxylic acids is 2.